The molecule has 1 aliphatic rings. The smallest absolute Gasteiger partial charge is 0.275 e. The van der Waals surface area contributed by atoms with Crippen molar-refractivity contribution in [3.05, 3.63) is 144 Å². The van der Waals surface area contributed by atoms with E-state index in [-0.39, 0.29) is 5.69 Å². The Morgan fingerprint density at radius 1 is 0.580 bits per heavy atom. The van der Waals surface area contributed by atoms with Gasteiger partial charge in [0.1, 0.15) is 0 Å². The van der Waals surface area contributed by atoms with Gasteiger partial charge in [-0.1, -0.05) is 15.9 Å². The van der Waals surface area contributed by atoms with Crippen LogP contribution in [0.3, 0.4) is 0 Å². The maximum absolute atomic E-state index is 13.7. The molecule has 1 aliphatic heterocycles. The average Bonchev–Trinajstić information content (AvgIpc) is 3.46. The van der Waals surface area contributed by atoms with E-state index in [1.807, 2.05) is 37.2 Å². The summed E-state index contributed by atoms with van der Waals surface area (Å²) in [5.74, 6) is -12.7. The summed E-state index contributed by atoms with van der Waals surface area (Å²) >= 11 is 8.23. The normalized spacial score (nSPS) is 12.7. The molecular weight excluding hydrogens is 1440 g/mol. The van der Waals surface area contributed by atoms with Gasteiger partial charge in [0.15, 0.2) is 86.9 Å². The van der Waals surface area contributed by atoms with Crippen LogP contribution >= 0.6 is 91.0 Å². The van der Waals surface area contributed by atoms with E-state index in [1.165, 1.54) is 0 Å². The minimum absolute atomic E-state index is 0.0331. The summed E-state index contributed by atoms with van der Waals surface area (Å²) < 4.78 is 158. The van der Waals surface area contributed by atoms with Gasteiger partial charge in [0, 0.05) is 22.3 Å². The van der Waals surface area contributed by atoms with Crippen LogP contribution < -0.4 is 42.5 Å². The number of nitro groups is 2. The van der Waals surface area contributed by atoms with Gasteiger partial charge in [-0.25, -0.2) is 43.9 Å². The molecule has 1 saturated heterocycles. The zero-order valence-corrected chi connectivity index (χ0v) is 47.6. The third kappa shape index (κ3) is 19.4. The number of phenols is 1. The second kappa shape index (κ2) is 29.8. The van der Waals surface area contributed by atoms with E-state index in [0.717, 1.165) is 36.4 Å². The van der Waals surface area contributed by atoms with E-state index in [9.17, 15) is 64.1 Å². The van der Waals surface area contributed by atoms with Gasteiger partial charge >= 0.3 is 57.6 Å². The van der Waals surface area contributed by atoms with Crippen molar-refractivity contribution in [1.82, 2.24) is 0 Å². The monoisotopic (exact) mass is 1470 g/mol. The quantitative estimate of drug-likeness (QED) is 0.0299. The molecule has 1 heterocycles. The van der Waals surface area contributed by atoms with E-state index in [0.29, 0.717) is 47.5 Å². The molecular formula is C36H33BBrF10I3N3O11P4-. The van der Waals surface area contributed by atoms with Crippen molar-refractivity contribution in [3.8, 4) is 28.7 Å². The molecule has 5 aromatic rings. The van der Waals surface area contributed by atoms with Crippen LogP contribution in [0.4, 0.5) is 61.0 Å². The summed E-state index contributed by atoms with van der Waals surface area (Å²) in [6.07, 6.45) is 0. The van der Waals surface area contributed by atoms with Crippen LogP contribution in [0.15, 0.2) is 65.1 Å². The molecule has 5 aromatic carbocycles. The molecule has 0 radical (unpaired) electrons. The van der Waals surface area contributed by atoms with Gasteiger partial charge in [-0.2, -0.15) is 0 Å². The molecule has 69 heavy (non-hydrogen) atoms. The molecule has 0 aromatic heterocycles. The minimum Gasteiger partial charge on any atom is -0.503 e. The number of nitrogens with zero attached hydrogens (tertiary/aromatic N) is 2. The molecule has 0 saturated carbocycles. The first-order valence-electron chi connectivity index (χ1n) is 17.5. The largest absolute Gasteiger partial charge is 0.503 e. The number of rotatable bonds is 7. The Morgan fingerprint density at radius 2 is 0.826 bits per heavy atom. The summed E-state index contributed by atoms with van der Waals surface area (Å²) in [6, 6.07) is 8.60. The molecule has 0 aliphatic carbocycles. The van der Waals surface area contributed by atoms with Crippen molar-refractivity contribution >= 4 is 121 Å². The summed E-state index contributed by atoms with van der Waals surface area (Å²) in [5, 5.41) is 28.7. The molecule has 4 unspecified atom stereocenters. The first kappa shape index (κ1) is 64.4. The molecule has 3 N–H and O–H groups in total. The standard InChI is InChI=1S/C12H16BF2O3P.C6H4BrF2OP.C6H4F2NO3P.C6H3F2NO3.C6H6F2NOP.I3/c1-11(2)12(3,4)18-13(17-11)7-5-8(14)10(16-19)9(15)6-7;7-3-1-4(8)6(10-11)5(9)2-3;7-4-1-3(9(10)11)2-5(8)6(4)12-13;7-4-1-3(9(11)12)2-5(8)6(4)10;7-4-1-3(9)2-5(8)6(4)10-11;1-3-2/h5-6H,19H2,1-4H3;1-2H,11H2;1-2H,13H2;1-2,10H;1-2H,9,11H2;/q;;;;;-1. The average molecular weight is 1470 g/mol. The van der Waals surface area contributed by atoms with Gasteiger partial charge < -0.3 is 38.2 Å². The van der Waals surface area contributed by atoms with Crippen LogP contribution in [-0.4, -0.2) is 33.3 Å². The topological polar surface area (TPSA) is 188 Å². The van der Waals surface area contributed by atoms with Crippen LogP contribution in [-0.2, 0) is 9.31 Å². The molecule has 0 bridgehead atoms. The van der Waals surface area contributed by atoms with Gasteiger partial charge in [-0.15, -0.1) is 0 Å². The summed E-state index contributed by atoms with van der Waals surface area (Å²) in [5.41, 5.74) is 2.97. The Kier molecular flexibility index (Phi) is 27.8. The third-order valence-corrected chi connectivity index (χ3v) is 9.81. The first-order chi connectivity index (χ1) is 32.0. The second-order valence-corrected chi connectivity index (χ2v) is 31.6. The summed E-state index contributed by atoms with van der Waals surface area (Å²) in [4.78, 5) is 18.3. The molecule has 14 nitrogen and oxygen atoms in total. The van der Waals surface area contributed by atoms with Crippen molar-refractivity contribution in [2.24, 2.45) is 0 Å². The zero-order valence-electron chi connectivity index (χ0n) is 35.0. The maximum atomic E-state index is 13.7. The van der Waals surface area contributed by atoms with E-state index in [1.54, 1.807) is 28.4 Å². The zero-order chi connectivity index (χ0) is 53.3. The number of phenolic OH excluding ortho intramolecular Hbond substituents is 1. The fourth-order valence-electron chi connectivity index (χ4n) is 4.56. The van der Waals surface area contributed by atoms with Crippen molar-refractivity contribution in [3.63, 3.8) is 0 Å². The Balaban J connectivity index is 0.000000432. The van der Waals surface area contributed by atoms with Gasteiger partial charge in [0.25, 0.3) is 11.4 Å². The number of aromatic hydroxyl groups is 1. The molecule has 0 amide bonds. The Bertz CT molecular complexity index is 2410. The fourth-order valence-corrected chi connectivity index (χ4v) is 5.87. The molecule has 380 valence electrons. The third-order valence-electron chi connectivity index (χ3n) is 8.41. The minimum atomic E-state index is -1.35. The predicted molar refractivity (Wildman–Crippen MR) is 264 cm³/mol. The number of non-ortho nitro benzene ring substituents is 2. The van der Waals surface area contributed by atoms with Gasteiger partial charge in [0.05, 0.1) is 83.2 Å². The number of nitro benzene ring substituents is 2. The predicted octanol–water partition coefficient (Wildman–Crippen LogP) is 9.44. The van der Waals surface area contributed by atoms with E-state index >= 15 is 0 Å². The van der Waals surface area contributed by atoms with E-state index in [4.69, 9.17) is 20.1 Å². The van der Waals surface area contributed by atoms with Crippen LogP contribution in [0.1, 0.15) is 27.7 Å². The van der Waals surface area contributed by atoms with Crippen LogP contribution in [0, 0.1) is 78.4 Å². The SMILES string of the molecule is CC1(C)OB(c2cc(F)c(OP)c(F)c2)OC1(C)C.Fc1cc(Br)cc(F)c1OP.I[I-]I.Nc1cc(F)c(OP)c(F)c1.O=[N+]([O-])c1cc(F)c(O)c(F)c1.O=[N+]([O-])c1cc(F)c(OP)c(F)c1. The Hall–Kier alpha value is -2.63. The maximum Gasteiger partial charge on any atom is 0.275 e. The number of hydrogen-bond acceptors (Lipinski definition) is 12. The van der Waals surface area contributed by atoms with Gasteiger partial charge in [0.2, 0.25) is 0 Å². The number of nitrogens with two attached hydrogens (primary N) is 1. The number of halogens is 14. The van der Waals surface area contributed by atoms with Gasteiger partial charge in [-0.3, -0.25) is 20.2 Å². The fraction of sp³-hybridized carbons (Fsp3) is 0.167. The van der Waals surface area contributed by atoms with Crippen molar-refractivity contribution < 1.29 is 99.5 Å². The summed E-state index contributed by atoms with van der Waals surface area (Å²) in [7, 11) is 6.21. The van der Waals surface area contributed by atoms with Crippen LogP contribution in [0.5, 0.6) is 28.7 Å². The first-order valence-corrected chi connectivity index (χ1v) is 32.8. The Labute approximate surface area is 433 Å². The molecule has 1 fully saturated rings. The number of anilines is 1. The molecule has 4 atom stereocenters. The second-order valence-electron chi connectivity index (χ2n) is 13.5. The number of benzene rings is 5. The molecule has 33 heteroatoms. The van der Waals surface area contributed by atoms with E-state index < -0.39 is 126 Å². The van der Waals surface area contributed by atoms with E-state index in [2.05, 4.69) is 71.3 Å². The van der Waals surface area contributed by atoms with Gasteiger partial charge in [-0.05, 0) is 57.4 Å². The van der Waals surface area contributed by atoms with Crippen LogP contribution in [0.2, 0.25) is 0 Å². The molecule has 6 rings (SSSR count). The van der Waals surface area contributed by atoms with Crippen molar-refractivity contribution in [2.45, 2.75) is 38.9 Å². The van der Waals surface area contributed by atoms with Crippen LogP contribution in [0.25, 0.3) is 0 Å². The van der Waals surface area contributed by atoms with Crippen molar-refractivity contribution in [2.75, 3.05) is 5.73 Å². The van der Waals surface area contributed by atoms with Crippen molar-refractivity contribution in [1.29, 1.82) is 0 Å². The number of nitrogen functional groups attached to an aromatic ring is 1. The molecule has 0 spiro atoms. The Morgan fingerprint density at radius 3 is 1.10 bits per heavy atom. The number of hydrogen-bond donors (Lipinski definition) is 2. The summed E-state index contributed by atoms with van der Waals surface area (Å²) in [6.45, 7) is 7.50.